The molecule has 1 aromatic rings. The second-order valence-corrected chi connectivity index (χ2v) is 9.06. The third kappa shape index (κ3) is 6.93. The average Bonchev–Trinajstić information content (AvgIpc) is 2.60. The summed E-state index contributed by atoms with van der Waals surface area (Å²) < 4.78 is 22.4. The summed E-state index contributed by atoms with van der Waals surface area (Å²) in [5.41, 5.74) is 0.501. The Balaban J connectivity index is 1.67. The molecule has 144 valence electrons. The van der Waals surface area contributed by atoms with Gasteiger partial charge >= 0.3 is 0 Å². The minimum absolute atomic E-state index is 0.0100. The van der Waals surface area contributed by atoms with Gasteiger partial charge in [-0.15, -0.1) is 0 Å². The summed E-state index contributed by atoms with van der Waals surface area (Å²) in [6, 6.07) is 6.56. The molecule has 1 saturated heterocycles. The number of rotatable bonds is 7. The molecule has 1 aromatic carbocycles. The van der Waals surface area contributed by atoms with E-state index in [2.05, 4.69) is 5.32 Å². The maximum absolute atomic E-state index is 12.2. The van der Waals surface area contributed by atoms with Crippen LogP contribution >= 0.6 is 11.6 Å². The number of carbonyl (C=O) groups is 2. The summed E-state index contributed by atoms with van der Waals surface area (Å²) >= 11 is 5.79. The van der Waals surface area contributed by atoms with Gasteiger partial charge in [-0.2, -0.15) is 0 Å². The van der Waals surface area contributed by atoms with Crippen molar-refractivity contribution in [3.8, 4) is 0 Å². The number of sulfone groups is 1. The van der Waals surface area contributed by atoms with Gasteiger partial charge in [-0.25, -0.2) is 8.42 Å². The van der Waals surface area contributed by atoms with Crippen molar-refractivity contribution in [3.05, 3.63) is 34.9 Å². The first-order valence-corrected chi connectivity index (χ1v) is 10.9. The van der Waals surface area contributed by atoms with E-state index in [4.69, 9.17) is 11.6 Å². The van der Waals surface area contributed by atoms with Gasteiger partial charge in [0.15, 0.2) is 0 Å². The van der Waals surface area contributed by atoms with Crippen LogP contribution in [0.5, 0.6) is 0 Å². The highest BCUT2D eigenvalue weighted by atomic mass is 35.5. The van der Waals surface area contributed by atoms with Gasteiger partial charge in [-0.1, -0.05) is 11.6 Å². The molecule has 0 spiro atoms. The first kappa shape index (κ1) is 20.7. The Morgan fingerprint density at radius 1 is 1.12 bits per heavy atom. The highest BCUT2D eigenvalue weighted by Gasteiger charge is 2.21. The molecule has 26 heavy (non-hydrogen) atoms. The minimum Gasteiger partial charge on any atom is -0.352 e. The van der Waals surface area contributed by atoms with Crippen molar-refractivity contribution in [2.75, 3.05) is 51.3 Å². The fourth-order valence-corrected chi connectivity index (χ4v) is 3.38. The van der Waals surface area contributed by atoms with E-state index >= 15 is 0 Å². The smallest absolute Gasteiger partial charge is 0.251 e. The number of nitrogens with zero attached hydrogens (tertiary/aromatic N) is 2. The molecule has 0 atom stereocenters. The number of hydrogen-bond acceptors (Lipinski definition) is 5. The highest BCUT2D eigenvalue weighted by molar-refractivity contribution is 7.90. The van der Waals surface area contributed by atoms with Crippen LogP contribution in [0.25, 0.3) is 0 Å². The lowest BCUT2D eigenvalue weighted by atomic mass is 10.2. The van der Waals surface area contributed by atoms with Crippen molar-refractivity contribution in [2.45, 2.75) is 6.42 Å². The molecule has 0 bridgehead atoms. The molecule has 0 unspecified atom stereocenters. The van der Waals surface area contributed by atoms with E-state index in [0.717, 1.165) is 0 Å². The molecule has 1 N–H and O–H groups in total. The largest absolute Gasteiger partial charge is 0.352 e. The van der Waals surface area contributed by atoms with Gasteiger partial charge in [0.05, 0.1) is 5.75 Å². The molecular formula is C17H24ClN3O4S. The van der Waals surface area contributed by atoms with Crippen molar-refractivity contribution in [3.63, 3.8) is 0 Å². The Morgan fingerprint density at radius 3 is 2.31 bits per heavy atom. The van der Waals surface area contributed by atoms with Crippen LogP contribution in [-0.2, 0) is 14.6 Å². The summed E-state index contributed by atoms with van der Waals surface area (Å²) in [7, 11) is -2.97. The molecule has 0 aliphatic carbocycles. The van der Waals surface area contributed by atoms with Crippen molar-refractivity contribution in [1.29, 1.82) is 0 Å². The topological polar surface area (TPSA) is 86.8 Å². The first-order chi connectivity index (χ1) is 12.2. The molecule has 1 aliphatic rings. The number of carbonyl (C=O) groups excluding carboxylic acids is 2. The predicted molar refractivity (Wildman–Crippen MR) is 101 cm³/mol. The first-order valence-electron chi connectivity index (χ1n) is 8.46. The van der Waals surface area contributed by atoms with E-state index in [-0.39, 0.29) is 30.5 Å². The Bertz CT molecular complexity index is 729. The van der Waals surface area contributed by atoms with Gasteiger partial charge < -0.3 is 10.2 Å². The lowest BCUT2D eigenvalue weighted by Gasteiger charge is -2.34. The summed E-state index contributed by atoms with van der Waals surface area (Å²) in [6.45, 7) is 3.25. The standard InChI is InChI=1S/C17H24ClN3O4S/c1-26(24,25)13-12-20-8-10-21(11-9-20)16(22)6-7-19-17(23)14-2-4-15(18)5-3-14/h2-5H,6-13H2,1H3,(H,19,23). The SMILES string of the molecule is CS(=O)(=O)CCN1CCN(C(=O)CCNC(=O)c2ccc(Cl)cc2)CC1. The summed E-state index contributed by atoms with van der Waals surface area (Å²) in [5, 5.41) is 3.29. The number of piperazine rings is 1. The Morgan fingerprint density at radius 2 is 1.73 bits per heavy atom. The molecule has 2 rings (SSSR count). The van der Waals surface area contributed by atoms with Gasteiger partial charge in [0.25, 0.3) is 5.91 Å². The number of amides is 2. The molecule has 9 heteroatoms. The van der Waals surface area contributed by atoms with Crippen LogP contribution < -0.4 is 5.32 Å². The summed E-state index contributed by atoms with van der Waals surface area (Å²) in [4.78, 5) is 28.0. The second-order valence-electron chi connectivity index (χ2n) is 6.37. The van der Waals surface area contributed by atoms with E-state index in [1.54, 1.807) is 29.2 Å². The van der Waals surface area contributed by atoms with Gasteiger partial charge in [0.2, 0.25) is 5.91 Å². The summed E-state index contributed by atoms with van der Waals surface area (Å²) in [5.74, 6) is -0.109. The zero-order chi connectivity index (χ0) is 19.2. The average molecular weight is 402 g/mol. The lowest BCUT2D eigenvalue weighted by Crippen LogP contribution is -2.50. The van der Waals surface area contributed by atoms with E-state index in [0.29, 0.717) is 43.3 Å². The fourth-order valence-electron chi connectivity index (χ4n) is 2.66. The third-order valence-electron chi connectivity index (χ3n) is 4.23. The fraction of sp³-hybridized carbons (Fsp3) is 0.529. The van der Waals surface area contributed by atoms with E-state index in [9.17, 15) is 18.0 Å². The molecule has 7 nitrogen and oxygen atoms in total. The molecule has 0 aromatic heterocycles. The number of nitrogens with one attached hydrogen (secondary N) is 1. The van der Waals surface area contributed by atoms with E-state index in [1.165, 1.54) is 6.26 Å². The van der Waals surface area contributed by atoms with Crippen LogP contribution in [0.2, 0.25) is 5.02 Å². The van der Waals surface area contributed by atoms with E-state index in [1.807, 2.05) is 4.90 Å². The normalized spacial score (nSPS) is 15.7. The van der Waals surface area contributed by atoms with Crippen molar-refractivity contribution < 1.29 is 18.0 Å². The predicted octanol–water partition coefficient (Wildman–Crippen LogP) is 0.649. The molecule has 1 fully saturated rings. The monoisotopic (exact) mass is 401 g/mol. The number of halogens is 1. The van der Waals surface area contributed by atoms with Crippen LogP contribution in [0.3, 0.4) is 0 Å². The second kappa shape index (κ2) is 9.34. The molecule has 0 radical (unpaired) electrons. The van der Waals surface area contributed by atoms with Crippen molar-refractivity contribution in [1.82, 2.24) is 15.1 Å². The van der Waals surface area contributed by atoms with Gasteiger partial charge in [-0.3, -0.25) is 14.5 Å². The van der Waals surface area contributed by atoms with Gasteiger partial charge in [0.1, 0.15) is 9.84 Å². The van der Waals surface area contributed by atoms with Crippen LogP contribution in [0.15, 0.2) is 24.3 Å². The molecular weight excluding hydrogens is 378 g/mol. The van der Waals surface area contributed by atoms with Gasteiger partial charge in [-0.05, 0) is 24.3 Å². The summed E-state index contributed by atoms with van der Waals surface area (Å²) in [6.07, 6.45) is 1.47. The number of benzene rings is 1. The Kier molecular flexibility index (Phi) is 7.43. The molecule has 1 heterocycles. The van der Waals surface area contributed by atoms with Crippen LogP contribution in [-0.4, -0.2) is 81.3 Å². The van der Waals surface area contributed by atoms with Gasteiger partial charge in [0, 0.05) is 62.5 Å². The number of hydrogen-bond donors (Lipinski definition) is 1. The molecule has 2 amide bonds. The Hall–Kier alpha value is -1.64. The lowest BCUT2D eigenvalue weighted by molar-refractivity contribution is -0.132. The third-order valence-corrected chi connectivity index (χ3v) is 5.41. The zero-order valence-electron chi connectivity index (χ0n) is 14.8. The molecule has 0 saturated carbocycles. The Labute approximate surface area is 159 Å². The molecule has 1 aliphatic heterocycles. The minimum atomic E-state index is -2.97. The zero-order valence-corrected chi connectivity index (χ0v) is 16.4. The maximum atomic E-state index is 12.2. The van der Waals surface area contributed by atoms with Crippen molar-refractivity contribution in [2.24, 2.45) is 0 Å². The van der Waals surface area contributed by atoms with Crippen molar-refractivity contribution >= 4 is 33.3 Å². The van der Waals surface area contributed by atoms with Crippen LogP contribution in [0, 0.1) is 0 Å². The highest BCUT2D eigenvalue weighted by Crippen LogP contribution is 2.09. The van der Waals surface area contributed by atoms with Crippen LogP contribution in [0.1, 0.15) is 16.8 Å². The van der Waals surface area contributed by atoms with Crippen LogP contribution in [0.4, 0.5) is 0 Å². The maximum Gasteiger partial charge on any atom is 0.251 e. The quantitative estimate of drug-likeness (QED) is 0.724. The van der Waals surface area contributed by atoms with E-state index < -0.39 is 9.84 Å².